The van der Waals surface area contributed by atoms with E-state index in [9.17, 15) is 14.4 Å². The standard InChI is InChI=1S/C17H21N5O4/c1-13(23)21(8-7-14-5-3-2-4-6-14)11-16(24)18-9-15-10-22(20-19-15)12-17(25)26/h2-6,10H,7-9,11-12H2,1H3,(H,18,24)(H,25,26). The third kappa shape index (κ3) is 6.34. The summed E-state index contributed by atoms with van der Waals surface area (Å²) in [6.45, 7) is 1.64. The molecule has 0 saturated carbocycles. The highest BCUT2D eigenvalue weighted by atomic mass is 16.4. The molecule has 1 aromatic heterocycles. The minimum absolute atomic E-state index is 0.0502. The quantitative estimate of drug-likeness (QED) is 0.654. The molecule has 9 nitrogen and oxygen atoms in total. The third-order valence-corrected chi connectivity index (χ3v) is 3.64. The van der Waals surface area contributed by atoms with Crippen LogP contribution in [0.1, 0.15) is 18.2 Å². The number of carbonyl (C=O) groups is 3. The van der Waals surface area contributed by atoms with Gasteiger partial charge in [0.2, 0.25) is 11.8 Å². The van der Waals surface area contributed by atoms with Gasteiger partial charge in [-0.1, -0.05) is 35.5 Å². The fourth-order valence-electron chi connectivity index (χ4n) is 2.31. The van der Waals surface area contributed by atoms with Crippen LogP contribution in [0.3, 0.4) is 0 Å². The first-order valence-corrected chi connectivity index (χ1v) is 8.11. The molecule has 2 amide bonds. The number of nitrogens with zero attached hydrogens (tertiary/aromatic N) is 4. The van der Waals surface area contributed by atoms with Crippen LogP contribution in [0.2, 0.25) is 0 Å². The Morgan fingerprint density at radius 3 is 2.62 bits per heavy atom. The van der Waals surface area contributed by atoms with E-state index < -0.39 is 5.97 Å². The number of amides is 2. The first kappa shape index (κ1) is 19.1. The van der Waals surface area contributed by atoms with Crippen molar-refractivity contribution in [3.63, 3.8) is 0 Å². The minimum atomic E-state index is -1.03. The first-order chi connectivity index (χ1) is 12.4. The molecule has 0 saturated heterocycles. The molecule has 0 fully saturated rings. The number of rotatable bonds is 9. The van der Waals surface area contributed by atoms with Gasteiger partial charge in [0.15, 0.2) is 0 Å². The van der Waals surface area contributed by atoms with Crippen molar-refractivity contribution in [1.29, 1.82) is 0 Å². The summed E-state index contributed by atoms with van der Waals surface area (Å²) in [6.07, 6.45) is 2.11. The van der Waals surface area contributed by atoms with Crippen molar-refractivity contribution in [2.45, 2.75) is 26.4 Å². The lowest BCUT2D eigenvalue weighted by Crippen LogP contribution is -2.40. The Kier molecular flexibility index (Phi) is 6.84. The van der Waals surface area contributed by atoms with Gasteiger partial charge < -0.3 is 15.3 Å². The fraction of sp³-hybridized carbons (Fsp3) is 0.353. The van der Waals surface area contributed by atoms with E-state index in [1.807, 2.05) is 30.3 Å². The maximum absolute atomic E-state index is 12.1. The molecule has 2 aromatic rings. The molecule has 0 spiro atoms. The summed E-state index contributed by atoms with van der Waals surface area (Å²) in [6, 6.07) is 9.72. The van der Waals surface area contributed by atoms with E-state index in [-0.39, 0.29) is 31.4 Å². The van der Waals surface area contributed by atoms with Crippen LogP contribution in [0.15, 0.2) is 36.5 Å². The summed E-state index contributed by atoms with van der Waals surface area (Å²) >= 11 is 0. The molecule has 0 aliphatic heterocycles. The molecule has 0 atom stereocenters. The van der Waals surface area contributed by atoms with Crippen molar-refractivity contribution in [3.8, 4) is 0 Å². The maximum Gasteiger partial charge on any atom is 0.325 e. The smallest absolute Gasteiger partial charge is 0.325 e. The minimum Gasteiger partial charge on any atom is -0.480 e. The summed E-state index contributed by atoms with van der Waals surface area (Å²) in [5, 5.41) is 18.8. The number of carboxylic acid groups (broad SMARTS) is 1. The van der Waals surface area contributed by atoms with Crippen molar-refractivity contribution in [2.75, 3.05) is 13.1 Å². The molecule has 0 aliphatic carbocycles. The summed E-state index contributed by atoms with van der Waals surface area (Å²) < 4.78 is 1.17. The second kappa shape index (κ2) is 9.30. The van der Waals surface area contributed by atoms with Gasteiger partial charge in [-0.25, -0.2) is 4.68 Å². The second-order valence-electron chi connectivity index (χ2n) is 5.75. The number of aliphatic carboxylic acids is 1. The zero-order chi connectivity index (χ0) is 18.9. The van der Waals surface area contributed by atoms with Crippen LogP contribution in [-0.4, -0.2) is 55.9 Å². The van der Waals surface area contributed by atoms with E-state index in [0.29, 0.717) is 18.7 Å². The van der Waals surface area contributed by atoms with Gasteiger partial charge in [0, 0.05) is 13.5 Å². The summed E-state index contributed by atoms with van der Waals surface area (Å²) in [5.41, 5.74) is 1.53. The van der Waals surface area contributed by atoms with Crippen molar-refractivity contribution in [2.24, 2.45) is 0 Å². The lowest BCUT2D eigenvalue weighted by atomic mass is 10.1. The SMILES string of the molecule is CC(=O)N(CCc1ccccc1)CC(=O)NCc1cn(CC(=O)O)nn1. The lowest BCUT2D eigenvalue weighted by molar-refractivity contribution is -0.138. The summed E-state index contributed by atoms with van der Waals surface area (Å²) in [5.74, 6) is -1.52. The van der Waals surface area contributed by atoms with E-state index in [1.165, 1.54) is 22.7 Å². The molecule has 138 valence electrons. The van der Waals surface area contributed by atoms with E-state index in [1.54, 1.807) is 0 Å². The molecule has 0 aliphatic rings. The monoisotopic (exact) mass is 359 g/mol. The number of nitrogens with one attached hydrogen (secondary N) is 1. The Bertz CT molecular complexity index is 760. The van der Waals surface area contributed by atoms with Crippen molar-refractivity contribution in [3.05, 3.63) is 47.8 Å². The molecule has 9 heteroatoms. The molecule has 2 rings (SSSR count). The van der Waals surface area contributed by atoms with Crippen molar-refractivity contribution >= 4 is 17.8 Å². The van der Waals surface area contributed by atoms with Crippen molar-refractivity contribution < 1.29 is 19.5 Å². The summed E-state index contributed by atoms with van der Waals surface area (Å²) in [7, 11) is 0. The van der Waals surface area contributed by atoms with Crippen LogP contribution >= 0.6 is 0 Å². The van der Waals surface area contributed by atoms with E-state index in [4.69, 9.17) is 5.11 Å². The highest BCUT2D eigenvalue weighted by molar-refractivity contribution is 5.83. The predicted molar refractivity (Wildman–Crippen MR) is 91.9 cm³/mol. The second-order valence-corrected chi connectivity index (χ2v) is 5.75. The fourth-order valence-corrected chi connectivity index (χ4v) is 2.31. The number of hydrogen-bond donors (Lipinski definition) is 2. The lowest BCUT2D eigenvalue weighted by Gasteiger charge is -2.20. The van der Waals surface area contributed by atoms with Crippen LogP contribution in [0.25, 0.3) is 0 Å². The molecule has 0 bridgehead atoms. The Morgan fingerprint density at radius 1 is 1.23 bits per heavy atom. The summed E-state index contributed by atoms with van der Waals surface area (Å²) in [4.78, 5) is 35.9. The molecular formula is C17H21N5O4. The molecule has 1 heterocycles. The molecule has 0 unspecified atom stereocenters. The zero-order valence-electron chi connectivity index (χ0n) is 14.5. The maximum atomic E-state index is 12.1. The van der Waals surface area contributed by atoms with Crippen LogP contribution in [-0.2, 0) is 33.9 Å². The average molecular weight is 359 g/mol. The number of benzene rings is 1. The van der Waals surface area contributed by atoms with Crippen molar-refractivity contribution in [1.82, 2.24) is 25.2 Å². The van der Waals surface area contributed by atoms with Gasteiger partial charge >= 0.3 is 5.97 Å². The van der Waals surface area contributed by atoms with E-state index in [2.05, 4.69) is 15.6 Å². The van der Waals surface area contributed by atoms with Gasteiger partial charge in [-0.3, -0.25) is 14.4 Å². The Balaban J connectivity index is 1.80. The van der Waals surface area contributed by atoms with Gasteiger partial charge in [0.25, 0.3) is 0 Å². The Morgan fingerprint density at radius 2 is 1.96 bits per heavy atom. The average Bonchev–Trinajstić information content (AvgIpc) is 3.04. The number of aromatic nitrogens is 3. The molecular weight excluding hydrogens is 338 g/mol. The molecule has 26 heavy (non-hydrogen) atoms. The van der Waals surface area contributed by atoms with Crippen LogP contribution in [0, 0.1) is 0 Å². The highest BCUT2D eigenvalue weighted by Crippen LogP contribution is 2.02. The van der Waals surface area contributed by atoms with Gasteiger partial charge in [-0.2, -0.15) is 0 Å². The number of hydrogen-bond acceptors (Lipinski definition) is 5. The largest absolute Gasteiger partial charge is 0.480 e. The molecule has 1 aromatic carbocycles. The number of carbonyl (C=O) groups excluding carboxylic acids is 2. The van der Waals surface area contributed by atoms with Gasteiger partial charge in [-0.15, -0.1) is 5.10 Å². The topological polar surface area (TPSA) is 117 Å². The third-order valence-electron chi connectivity index (χ3n) is 3.64. The number of carboxylic acids is 1. The Hall–Kier alpha value is -3.23. The normalized spacial score (nSPS) is 10.3. The van der Waals surface area contributed by atoms with Crippen LogP contribution < -0.4 is 5.32 Å². The first-order valence-electron chi connectivity index (χ1n) is 8.11. The highest BCUT2D eigenvalue weighted by Gasteiger charge is 2.14. The molecule has 2 N–H and O–H groups in total. The molecule has 0 radical (unpaired) electrons. The van der Waals surface area contributed by atoms with E-state index in [0.717, 1.165) is 5.56 Å². The predicted octanol–water partition coefficient (Wildman–Crippen LogP) is 0.0701. The van der Waals surface area contributed by atoms with Gasteiger partial charge in [-0.05, 0) is 12.0 Å². The van der Waals surface area contributed by atoms with Gasteiger partial charge in [0.1, 0.15) is 12.2 Å². The zero-order valence-corrected chi connectivity index (χ0v) is 14.5. The Labute approximate surface area is 150 Å². The van der Waals surface area contributed by atoms with Crippen LogP contribution in [0.5, 0.6) is 0 Å². The van der Waals surface area contributed by atoms with E-state index >= 15 is 0 Å². The van der Waals surface area contributed by atoms with Crippen LogP contribution in [0.4, 0.5) is 0 Å². The van der Waals surface area contributed by atoms with Gasteiger partial charge in [0.05, 0.1) is 19.3 Å².